The maximum absolute atomic E-state index is 13.1. The normalized spacial score (nSPS) is 11.0. The van der Waals surface area contributed by atoms with E-state index < -0.39 is 15.9 Å². The zero-order valence-electron chi connectivity index (χ0n) is 15.9. The van der Waals surface area contributed by atoms with Gasteiger partial charge in [0.15, 0.2) is 11.5 Å². The molecule has 7 heteroatoms. The van der Waals surface area contributed by atoms with Crippen molar-refractivity contribution in [3.05, 3.63) is 89.5 Å². The third-order valence-corrected chi connectivity index (χ3v) is 5.37. The lowest BCUT2D eigenvalue weighted by atomic mass is 10.0. The van der Waals surface area contributed by atoms with Gasteiger partial charge in [0.05, 0.1) is 11.3 Å². The van der Waals surface area contributed by atoms with Crippen LogP contribution in [0.1, 0.15) is 28.4 Å². The summed E-state index contributed by atoms with van der Waals surface area (Å²) in [6.45, 7) is 3.18. The number of carbonyl (C=O) groups excluding carboxylic acids is 2. The van der Waals surface area contributed by atoms with Crippen molar-refractivity contribution in [1.29, 1.82) is 0 Å². The fourth-order valence-electron chi connectivity index (χ4n) is 2.72. The van der Waals surface area contributed by atoms with Crippen LogP contribution in [0, 0.1) is 6.92 Å². The molecule has 0 unspecified atom stereocenters. The minimum absolute atomic E-state index is 0.0102. The summed E-state index contributed by atoms with van der Waals surface area (Å²) in [5.41, 5.74) is 1.54. The Hall–Kier alpha value is -3.45. The van der Waals surface area contributed by atoms with Crippen LogP contribution in [0.15, 0.2) is 77.7 Å². The van der Waals surface area contributed by atoms with E-state index >= 15 is 0 Å². The van der Waals surface area contributed by atoms with Gasteiger partial charge < -0.3 is 9.50 Å². The smallest absolute Gasteiger partial charge is 0.339 e. The molecule has 0 atom stereocenters. The number of amides is 1. The van der Waals surface area contributed by atoms with E-state index in [1.165, 1.54) is 31.2 Å². The molecule has 0 saturated carbocycles. The topological polar surface area (TPSA) is 89.5 Å². The highest BCUT2D eigenvalue weighted by Crippen LogP contribution is 2.28. The zero-order chi connectivity index (χ0) is 21.0. The Bertz CT molecular complexity index is 1170. The van der Waals surface area contributed by atoms with E-state index in [9.17, 15) is 18.0 Å². The van der Waals surface area contributed by atoms with Crippen molar-refractivity contribution < 1.29 is 22.2 Å². The van der Waals surface area contributed by atoms with E-state index in [0.29, 0.717) is 5.69 Å². The van der Waals surface area contributed by atoms with E-state index in [-0.39, 0.29) is 27.7 Å². The molecule has 0 aliphatic heterocycles. The Balaban J connectivity index is 1.99. The van der Waals surface area contributed by atoms with Gasteiger partial charge in [-0.15, -0.1) is 0 Å². The number of benzene rings is 3. The van der Waals surface area contributed by atoms with Crippen LogP contribution in [-0.4, -0.2) is 20.1 Å². The standard InChI is InChI=1S/C22H19NO5S/c1-15-11-13-17(14-12-15)29(26,27)28-21-10-6-4-8-19(21)22(25)18-7-3-5-9-20(18)23-16(2)24/h3-14H,1-2H3,(H,23,24). The second-order valence-electron chi connectivity index (χ2n) is 6.40. The van der Waals surface area contributed by atoms with Gasteiger partial charge in [-0.1, -0.05) is 42.0 Å². The van der Waals surface area contributed by atoms with Crippen molar-refractivity contribution in [2.75, 3.05) is 5.32 Å². The summed E-state index contributed by atoms with van der Waals surface area (Å²) >= 11 is 0. The Labute approximate surface area is 169 Å². The fraction of sp³-hybridized carbons (Fsp3) is 0.0909. The second kappa shape index (κ2) is 8.28. The number of aryl methyl sites for hydroxylation is 1. The van der Waals surface area contributed by atoms with Gasteiger partial charge in [-0.2, -0.15) is 8.42 Å². The summed E-state index contributed by atoms with van der Waals surface area (Å²) in [7, 11) is -4.12. The summed E-state index contributed by atoms with van der Waals surface area (Å²) < 4.78 is 30.6. The van der Waals surface area contributed by atoms with Gasteiger partial charge in [-0.3, -0.25) is 9.59 Å². The van der Waals surface area contributed by atoms with Crippen LogP contribution >= 0.6 is 0 Å². The number of carbonyl (C=O) groups is 2. The quantitative estimate of drug-likeness (QED) is 0.492. The van der Waals surface area contributed by atoms with Gasteiger partial charge in [-0.25, -0.2) is 0 Å². The largest absolute Gasteiger partial charge is 0.378 e. The molecule has 0 bridgehead atoms. The molecule has 148 valence electrons. The molecule has 3 aromatic carbocycles. The van der Waals surface area contributed by atoms with E-state index in [2.05, 4.69) is 5.32 Å². The average molecular weight is 409 g/mol. The number of ketones is 1. The summed E-state index contributed by atoms with van der Waals surface area (Å²) in [5.74, 6) is -0.878. The predicted octanol–water partition coefficient (Wildman–Crippen LogP) is 3.95. The van der Waals surface area contributed by atoms with Gasteiger partial charge in [0, 0.05) is 12.5 Å². The molecule has 0 radical (unpaired) electrons. The van der Waals surface area contributed by atoms with Crippen LogP contribution in [0.5, 0.6) is 5.75 Å². The van der Waals surface area contributed by atoms with Crippen LogP contribution < -0.4 is 9.50 Å². The van der Waals surface area contributed by atoms with Gasteiger partial charge in [0.2, 0.25) is 5.91 Å². The molecule has 0 aliphatic rings. The molecular weight excluding hydrogens is 390 g/mol. The minimum Gasteiger partial charge on any atom is -0.378 e. The number of hydrogen-bond acceptors (Lipinski definition) is 5. The summed E-state index contributed by atoms with van der Waals surface area (Å²) in [6, 6.07) is 18.8. The predicted molar refractivity (Wildman–Crippen MR) is 110 cm³/mol. The maximum Gasteiger partial charge on any atom is 0.339 e. The van der Waals surface area contributed by atoms with Crippen LogP contribution in [0.2, 0.25) is 0 Å². The molecule has 1 amide bonds. The van der Waals surface area contributed by atoms with Crippen LogP contribution in [0.25, 0.3) is 0 Å². The lowest BCUT2D eigenvalue weighted by Gasteiger charge is -2.13. The Morgan fingerprint density at radius 1 is 0.828 bits per heavy atom. The highest BCUT2D eigenvalue weighted by atomic mass is 32.2. The van der Waals surface area contributed by atoms with Gasteiger partial charge in [0.25, 0.3) is 0 Å². The van der Waals surface area contributed by atoms with Crippen molar-refractivity contribution >= 4 is 27.5 Å². The van der Waals surface area contributed by atoms with Gasteiger partial charge in [0.1, 0.15) is 4.90 Å². The van der Waals surface area contributed by atoms with Crippen molar-refractivity contribution in [1.82, 2.24) is 0 Å². The fourth-order valence-corrected chi connectivity index (χ4v) is 3.67. The number of rotatable bonds is 6. The average Bonchev–Trinajstić information content (AvgIpc) is 2.68. The highest BCUT2D eigenvalue weighted by Gasteiger charge is 2.23. The summed E-state index contributed by atoms with van der Waals surface area (Å²) in [5, 5.41) is 2.60. The van der Waals surface area contributed by atoms with E-state index in [1.807, 2.05) is 6.92 Å². The molecular formula is C22H19NO5S. The van der Waals surface area contributed by atoms with Crippen molar-refractivity contribution in [2.24, 2.45) is 0 Å². The van der Waals surface area contributed by atoms with Crippen LogP contribution in [0.3, 0.4) is 0 Å². The third-order valence-electron chi connectivity index (χ3n) is 4.12. The summed E-state index contributed by atoms with van der Waals surface area (Å²) in [4.78, 5) is 24.5. The third kappa shape index (κ3) is 4.70. The van der Waals surface area contributed by atoms with E-state index in [4.69, 9.17) is 4.18 Å². The Morgan fingerprint density at radius 3 is 2.07 bits per heavy atom. The van der Waals surface area contributed by atoms with Gasteiger partial charge in [-0.05, 0) is 43.3 Å². The van der Waals surface area contributed by atoms with Crippen molar-refractivity contribution in [2.45, 2.75) is 18.7 Å². The highest BCUT2D eigenvalue weighted by molar-refractivity contribution is 7.87. The number of para-hydroxylation sites is 2. The Morgan fingerprint density at radius 2 is 1.41 bits per heavy atom. The van der Waals surface area contributed by atoms with Crippen LogP contribution in [-0.2, 0) is 14.9 Å². The molecule has 1 N–H and O–H groups in total. The molecule has 0 aromatic heterocycles. The first-order valence-electron chi connectivity index (χ1n) is 8.79. The second-order valence-corrected chi connectivity index (χ2v) is 7.95. The molecule has 29 heavy (non-hydrogen) atoms. The molecule has 3 rings (SSSR count). The first-order valence-corrected chi connectivity index (χ1v) is 10.2. The zero-order valence-corrected chi connectivity index (χ0v) is 16.7. The molecule has 0 saturated heterocycles. The van der Waals surface area contributed by atoms with Crippen molar-refractivity contribution in [3.8, 4) is 5.75 Å². The first-order chi connectivity index (χ1) is 13.8. The number of anilines is 1. The monoisotopic (exact) mass is 409 g/mol. The van der Waals surface area contributed by atoms with Crippen LogP contribution in [0.4, 0.5) is 5.69 Å². The SMILES string of the molecule is CC(=O)Nc1ccccc1C(=O)c1ccccc1OS(=O)(=O)c1ccc(C)cc1. The number of hydrogen-bond donors (Lipinski definition) is 1. The molecule has 0 aliphatic carbocycles. The molecule has 0 spiro atoms. The number of nitrogens with one attached hydrogen (secondary N) is 1. The lowest BCUT2D eigenvalue weighted by molar-refractivity contribution is -0.114. The van der Waals surface area contributed by atoms with E-state index in [0.717, 1.165) is 5.56 Å². The lowest BCUT2D eigenvalue weighted by Crippen LogP contribution is -2.15. The Kier molecular flexibility index (Phi) is 5.79. The van der Waals surface area contributed by atoms with E-state index in [1.54, 1.807) is 48.5 Å². The molecule has 3 aromatic rings. The maximum atomic E-state index is 13.1. The molecule has 0 fully saturated rings. The molecule has 6 nitrogen and oxygen atoms in total. The molecule has 0 heterocycles. The van der Waals surface area contributed by atoms with Gasteiger partial charge >= 0.3 is 10.1 Å². The van der Waals surface area contributed by atoms with Crippen molar-refractivity contribution in [3.63, 3.8) is 0 Å². The first kappa shape index (κ1) is 20.3. The minimum atomic E-state index is -4.12. The summed E-state index contributed by atoms with van der Waals surface area (Å²) in [6.07, 6.45) is 0.